The number of benzene rings is 1. The number of fused-ring (bicyclic) bond motifs is 5. The third-order valence-corrected chi connectivity index (χ3v) is 12.5. The van der Waals surface area contributed by atoms with Crippen molar-refractivity contribution >= 4 is 11.8 Å². The van der Waals surface area contributed by atoms with Gasteiger partial charge >= 0.3 is 0 Å². The highest BCUT2D eigenvalue weighted by Crippen LogP contribution is 2.67. The highest BCUT2D eigenvalue weighted by Gasteiger charge is 2.59. The molecule has 0 aromatic heterocycles. The largest absolute Gasteiger partial charge is 0.399 e. The van der Waals surface area contributed by atoms with Crippen molar-refractivity contribution < 1.29 is 5.11 Å². The molecule has 1 aromatic rings. The first-order valence-electron chi connectivity index (χ1n) is 16.4. The van der Waals surface area contributed by atoms with Gasteiger partial charge in [0.1, 0.15) is 0 Å². The molecule has 3 fully saturated rings. The lowest BCUT2D eigenvalue weighted by Crippen LogP contribution is -2.50. The molecule has 3 N–H and O–H groups in total. The number of nitrogen functional groups attached to an aromatic ring is 1. The molecule has 2 nitrogen and oxygen atoms in total. The Labute approximate surface area is 240 Å². The van der Waals surface area contributed by atoms with Crippen LogP contribution in [0.5, 0.6) is 0 Å². The molecule has 0 heterocycles. The third-order valence-electron chi connectivity index (χ3n) is 12.5. The van der Waals surface area contributed by atoms with E-state index in [1.54, 1.807) is 11.6 Å². The van der Waals surface area contributed by atoms with Crippen LogP contribution >= 0.6 is 0 Å². The summed E-state index contributed by atoms with van der Waals surface area (Å²) >= 11 is 0. The number of hydrogen-bond donors (Lipinski definition) is 2. The second kappa shape index (κ2) is 12.5. The Bertz CT molecular complexity index is 978. The molecule has 0 aliphatic heterocycles. The van der Waals surface area contributed by atoms with Crippen LogP contribution in [0.15, 0.2) is 42.5 Å². The number of aliphatic hydroxyl groups excluding tert-OH is 1. The van der Waals surface area contributed by atoms with E-state index < -0.39 is 0 Å². The molecule has 0 radical (unpaired) electrons. The van der Waals surface area contributed by atoms with Crippen molar-refractivity contribution in [1.82, 2.24) is 0 Å². The average Bonchev–Trinajstić information content (AvgIpc) is 3.27. The van der Waals surface area contributed by atoms with E-state index in [9.17, 15) is 5.11 Å². The minimum atomic E-state index is -0.0794. The van der Waals surface area contributed by atoms with Gasteiger partial charge in [-0.1, -0.05) is 90.8 Å². The smallest absolute Gasteiger partial charge is 0.0577 e. The standard InChI is InChI=1S/C29H50O.C8H9N/c1-7-21(19(2)3)9-8-20(4)25-12-13-26-24-11-10-22-18-23(30)14-16-28(22,5)27(24)15-17-29(25,26)6;1-2-7-3-5-8(9)6-4-7/h10,19-21,23-27,30H,7-9,11-18H2,1-6H3;2-6H,1,9H2/t20-,21-,23+,24+,25-,26+,27+,28+,29-;/m1./s1. The van der Waals surface area contributed by atoms with E-state index in [1.807, 2.05) is 24.3 Å². The summed E-state index contributed by atoms with van der Waals surface area (Å²) in [5.74, 6) is 6.31. The minimum Gasteiger partial charge on any atom is -0.399 e. The average molecular weight is 534 g/mol. The first-order valence-corrected chi connectivity index (χ1v) is 16.4. The number of allylic oxidation sites excluding steroid dienone is 1. The molecule has 39 heavy (non-hydrogen) atoms. The Morgan fingerprint density at radius 1 is 1.00 bits per heavy atom. The monoisotopic (exact) mass is 533 g/mol. The van der Waals surface area contributed by atoms with Gasteiger partial charge in [0.05, 0.1) is 6.10 Å². The molecule has 0 spiro atoms. The highest BCUT2D eigenvalue weighted by molar-refractivity contribution is 5.51. The van der Waals surface area contributed by atoms with Crippen molar-refractivity contribution in [2.24, 2.45) is 52.3 Å². The van der Waals surface area contributed by atoms with Gasteiger partial charge in [-0.05, 0) is 128 Å². The van der Waals surface area contributed by atoms with Gasteiger partial charge in [-0.15, -0.1) is 0 Å². The highest BCUT2D eigenvalue weighted by atomic mass is 16.3. The normalized spacial score (nSPS) is 36.9. The predicted molar refractivity (Wildman–Crippen MR) is 169 cm³/mol. The first kappa shape index (κ1) is 30.4. The van der Waals surface area contributed by atoms with Crippen LogP contribution in [0.1, 0.15) is 118 Å². The second-order valence-corrected chi connectivity index (χ2v) is 14.7. The van der Waals surface area contributed by atoms with Crippen LogP contribution in [0.3, 0.4) is 0 Å². The lowest BCUT2D eigenvalue weighted by Gasteiger charge is -2.58. The second-order valence-electron chi connectivity index (χ2n) is 14.7. The van der Waals surface area contributed by atoms with Crippen molar-refractivity contribution in [3.63, 3.8) is 0 Å². The topological polar surface area (TPSA) is 46.2 Å². The van der Waals surface area contributed by atoms with E-state index >= 15 is 0 Å². The maximum atomic E-state index is 10.2. The summed E-state index contributed by atoms with van der Waals surface area (Å²) < 4.78 is 0. The molecule has 0 bridgehead atoms. The van der Waals surface area contributed by atoms with Crippen LogP contribution < -0.4 is 5.73 Å². The molecular formula is C37H59NO. The summed E-state index contributed by atoms with van der Waals surface area (Å²) in [5, 5.41) is 10.2. The van der Waals surface area contributed by atoms with Gasteiger partial charge in [0.25, 0.3) is 0 Å². The van der Waals surface area contributed by atoms with Crippen molar-refractivity contribution in [2.45, 2.75) is 118 Å². The van der Waals surface area contributed by atoms with E-state index in [0.29, 0.717) is 10.8 Å². The number of anilines is 1. The molecule has 9 atom stereocenters. The molecule has 3 saturated carbocycles. The van der Waals surface area contributed by atoms with Gasteiger partial charge in [0.2, 0.25) is 0 Å². The Morgan fingerprint density at radius 3 is 2.36 bits per heavy atom. The van der Waals surface area contributed by atoms with E-state index in [2.05, 4.69) is 54.2 Å². The van der Waals surface area contributed by atoms with Crippen molar-refractivity contribution in [2.75, 3.05) is 5.73 Å². The molecule has 2 heteroatoms. The Kier molecular flexibility index (Phi) is 9.78. The molecule has 4 aliphatic rings. The molecule has 0 saturated heterocycles. The van der Waals surface area contributed by atoms with E-state index in [0.717, 1.165) is 65.5 Å². The predicted octanol–water partition coefficient (Wildman–Crippen LogP) is 9.94. The summed E-state index contributed by atoms with van der Waals surface area (Å²) in [4.78, 5) is 0. The lowest BCUT2D eigenvalue weighted by atomic mass is 9.47. The Balaban J connectivity index is 0.000000333. The fourth-order valence-electron chi connectivity index (χ4n) is 9.94. The van der Waals surface area contributed by atoms with Crippen molar-refractivity contribution in [3.05, 3.63) is 48.1 Å². The molecule has 218 valence electrons. The fourth-order valence-corrected chi connectivity index (χ4v) is 9.94. The van der Waals surface area contributed by atoms with Crippen molar-refractivity contribution in [3.8, 4) is 0 Å². The zero-order valence-electron chi connectivity index (χ0n) is 26.1. The summed E-state index contributed by atoms with van der Waals surface area (Å²) in [5.41, 5.74) is 9.93. The van der Waals surface area contributed by atoms with Crippen LogP contribution in [-0.4, -0.2) is 11.2 Å². The molecule has 0 unspecified atom stereocenters. The van der Waals surface area contributed by atoms with Gasteiger partial charge in [-0.25, -0.2) is 0 Å². The van der Waals surface area contributed by atoms with Gasteiger partial charge in [0.15, 0.2) is 0 Å². The van der Waals surface area contributed by atoms with E-state index in [1.165, 1.54) is 57.8 Å². The third kappa shape index (κ3) is 6.22. The summed E-state index contributed by atoms with van der Waals surface area (Å²) in [6.07, 6.45) is 18.9. The maximum absolute atomic E-state index is 10.2. The molecular weight excluding hydrogens is 474 g/mol. The minimum absolute atomic E-state index is 0.0794. The number of hydrogen-bond acceptors (Lipinski definition) is 2. The zero-order chi connectivity index (χ0) is 28.4. The lowest BCUT2D eigenvalue weighted by molar-refractivity contribution is -0.0575. The molecule has 0 amide bonds. The van der Waals surface area contributed by atoms with Crippen LogP contribution in [0, 0.1) is 52.3 Å². The summed E-state index contributed by atoms with van der Waals surface area (Å²) in [6, 6.07) is 7.58. The van der Waals surface area contributed by atoms with Gasteiger partial charge in [-0.3, -0.25) is 0 Å². The SMILES string of the molecule is C=Cc1ccc(N)cc1.CC[C@H](CC[C@@H](C)[C@H]1CC[C@H]2[C@@H]3CC=C4C[C@@H](O)CC[C@]4(C)[C@H]3CC[C@]12C)C(C)C. The summed E-state index contributed by atoms with van der Waals surface area (Å²) in [6.45, 7) is 18.7. The van der Waals surface area contributed by atoms with Gasteiger partial charge in [-0.2, -0.15) is 0 Å². The number of aliphatic hydroxyl groups is 1. The van der Waals surface area contributed by atoms with E-state index in [4.69, 9.17) is 5.73 Å². The quantitative estimate of drug-likeness (QED) is 0.270. The maximum Gasteiger partial charge on any atom is 0.0577 e. The van der Waals surface area contributed by atoms with Crippen LogP contribution in [0.25, 0.3) is 6.08 Å². The van der Waals surface area contributed by atoms with Gasteiger partial charge in [0, 0.05) is 5.69 Å². The van der Waals surface area contributed by atoms with Gasteiger partial charge < -0.3 is 10.8 Å². The number of rotatable bonds is 7. The fraction of sp³-hybridized carbons (Fsp3) is 0.730. The van der Waals surface area contributed by atoms with E-state index in [-0.39, 0.29) is 6.10 Å². The first-order chi connectivity index (χ1) is 18.5. The number of nitrogens with two attached hydrogens (primary N) is 1. The van der Waals surface area contributed by atoms with Crippen LogP contribution in [0.4, 0.5) is 5.69 Å². The van der Waals surface area contributed by atoms with Crippen LogP contribution in [-0.2, 0) is 0 Å². The van der Waals surface area contributed by atoms with Crippen LogP contribution in [0.2, 0.25) is 0 Å². The molecule has 5 rings (SSSR count). The molecule has 4 aliphatic carbocycles. The van der Waals surface area contributed by atoms with Crippen molar-refractivity contribution in [1.29, 1.82) is 0 Å². The molecule has 1 aromatic carbocycles. The summed E-state index contributed by atoms with van der Waals surface area (Å²) in [7, 11) is 0. The Hall–Kier alpha value is -1.54. The Morgan fingerprint density at radius 2 is 1.72 bits per heavy atom. The zero-order valence-corrected chi connectivity index (χ0v) is 26.1.